The third kappa shape index (κ3) is 3.94. The van der Waals surface area contributed by atoms with Crippen molar-refractivity contribution in [2.24, 2.45) is 0 Å². The van der Waals surface area contributed by atoms with Gasteiger partial charge in [0.05, 0.1) is 18.2 Å². The molecule has 2 aromatic carbocycles. The van der Waals surface area contributed by atoms with E-state index in [1.54, 1.807) is 36.4 Å². The smallest absolute Gasteiger partial charge is 0.255 e. The fourth-order valence-corrected chi connectivity index (χ4v) is 2.79. The molecule has 6 heteroatoms. The molecule has 1 fully saturated rings. The van der Waals surface area contributed by atoms with Gasteiger partial charge in [0.1, 0.15) is 6.29 Å². The number of methoxy groups -OCH3 is 1. The Morgan fingerprint density at radius 1 is 1.24 bits per heavy atom. The molecule has 130 valence electrons. The Bertz CT molecular complexity index is 785. The number of amides is 1. The second kappa shape index (κ2) is 7.57. The van der Waals surface area contributed by atoms with Gasteiger partial charge in [-0.2, -0.15) is 0 Å². The number of rotatable bonds is 6. The van der Waals surface area contributed by atoms with Crippen molar-refractivity contribution in [1.82, 2.24) is 0 Å². The molecule has 0 saturated heterocycles. The number of nitrogens with one attached hydrogen (secondary N) is 1. The Kier molecular flexibility index (Phi) is 5.24. The number of hydrogen-bond acceptors (Lipinski definition) is 4. The lowest BCUT2D eigenvalue weighted by molar-refractivity contribution is 0.102. The predicted octanol–water partition coefficient (Wildman–Crippen LogP) is 4.34. The molecule has 0 unspecified atom stereocenters. The molecule has 3 rings (SSSR count). The number of ether oxygens (including phenoxy) is 2. The van der Waals surface area contributed by atoms with E-state index in [-0.39, 0.29) is 12.0 Å². The Balaban J connectivity index is 1.81. The van der Waals surface area contributed by atoms with Crippen LogP contribution in [-0.4, -0.2) is 25.4 Å². The molecule has 0 atom stereocenters. The van der Waals surface area contributed by atoms with Gasteiger partial charge in [0.2, 0.25) is 0 Å². The summed E-state index contributed by atoms with van der Waals surface area (Å²) in [6.07, 6.45) is 4.00. The second-order valence-electron chi connectivity index (χ2n) is 5.85. The Labute approximate surface area is 150 Å². The highest BCUT2D eigenvalue weighted by Gasteiger charge is 2.23. The molecule has 0 radical (unpaired) electrons. The largest absolute Gasteiger partial charge is 0.491 e. The monoisotopic (exact) mass is 359 g/mol. The lowest BCUT2D eigenvalue weighted by Crippen LogP contribution is -2.25. The van der Waals surface area contributed by atoms with Crippen molar-refractivity contribution >= 4 is 29.5 Å². The summed E-state index contributed by atoms with van der Waals surface area (Å²) < 4.78 is 11.2. The lowest BCUT2D eigenvalue weighted by atomic mass is 9.96. The highest BCUT2D eigenvalue weighted by Crippen LogP contribution is 2.39. The molecule has 2 aromatic rings. The molecule has 1 aliphatic carbocycles. The van der Waals surface area contributed by atoms with Crippen LogP contribution in [0.3, 0.4) is 0 Å². The van der Waals surface area contributed by atoms with E-state index < -0.39 is 0 Å². The summed E-state index contributed by atoms with van der Waals surface area (Å²) in [5.74, 6) is 0.587. The lowest BCUT2D eigenvalue weighted by Gasteiger charge is -2.27. The maximum absolute atomic E-state index is 12.5. The van der Waals surface area contributed by atoms with Gasteiger partial charge in [0.25, 0.3) is 5.91 Å². The fraction of sp³-hybridized carbons (Fsp3) is 0.263. The van der Waals surface area contributed by atoms with Gasteiger partial charge in [0.15, 0.2) is 11.5 Å². The minimum atomic E-state index is -0.318. The van der Waals surface area contributed by atoms with Crippen LogP contribution in [0.15, 0.2) is 36.4 Å². The number of carbonyl (C=O) groups excluding carboxylic acids is 2. The zero-order chi connectivity index (χ0) is 17.8. The van der Waals surface area contributed by atoms with Gasteiger partial charge in [-0.3, -0.25) is 9.59 Å². The van der Waals surface area contributed by atoms with Crippen molar-refractivity contribution in [3.8, 4) is 11.5 Å². The highest BCUT2D eigenvalue weighted by atomic mass is 35.5. The summed E-state index contributed by atoms with van der Waals surface area (Å²) in [5.41, 5.74) is 1.50. The molecule has 0 aliphatic heterocycles. The first kappa shape index (κ1) is 17.3. The van der Waals surface area contributed by atoms with E-state index >= 15 is 0 Å². The molecule has 25 heavy (non-hydrogen) atoms. The van der Waals surface area contributed by atoms with Gasteiger partial charge in [-0.25, -0.2) is 0 Å². The molecule has 1 N–H and O–H groups in total. The number of halogens is 1. The Morgan fingerprint density at radius 2 is 1.96 bits per heavy atom. The summed E-state index contributed by atoms with van der Waals surface area (Å²) in [6, 6.07) is 9.78. The van der Waals surface area contributed by atoms with Crippen LogP contribution in [0.5, 0.6) is 11.5 Å². The van der Waals surface area contributed by atoms with Crippen molar-refractivity contribution in [2.75, 3.05) is 12.4 Å². The molecule has 1 saturated carbocycles. The number of aldehydes is 1. The van der Waals surface area contributed by atoms with Crippen LogP contribution in [0, 0.1) is 0 Å². The second-order valence-corrected chi connectivity index (χ2v) is 6.26. The van der Waals surface area contributed by atoms with Crippen molar-refractivity contribution in [3.05, 3.63) is 52.5 Å². The first-order valence-electron chi connectivity index (χ1n) is 8.01. The minimum absolute atomic E-state index is 0.138. The first-order valence-corrected chi connectivity index (χ1v) is 8.39. The zero-order valence-corrected chi connectivity index (χ0v) is 14.5. The molecule has 0 bridgehead atoms. The number of carbonyl (C=O) groups is 2. The standard InChI is InChI=1S/C19H18ClNO4/c1-24-18-16(20)9-13(10-17(18)25-15-3-2-4-15)19(23)21-14-7-5-12(11-22)6-8-14/h5-11,15H,2-4H2,1H3,(H,21,23). The number of hydrogen-bond donors (Lipinski definition) is 1. The fourth-order valence-electron chi connectivity index (χ4n) is 2.50. The van der Waals surface area contributed by atoms with Gasteiger partial charge in [-0.1, -0.05) is 11.6 Å². The third-order valence-corrected chi connectivity index (χ3v) is 4.41. The molecule has 0 aromatic heterocycles. The van der Waals surface area contributed by atoms with E-state index in [4.69, 9.17) is 21.1 Å². The van der Waals surface area contributed by atoms with Crippen LogP contribution >= 0.6 is 11.6 Å². The first-order chi connectivity index (χ1) is 12.1. The van der Waals surface area contributed by atoms with Crippen LogP contribution < -0.4 is 14.8 Å². The maximum atomic E-state index is 12.5. The summed E-state index contributed by atoms with van der Waals surface area (Å²) >= 11 is 6.24. The van der Waals surface area contributed by atoms with E-state index in [1.807, 2.05) is 0 Å². The molecule has 5 nitrogen and oxygen atoms in total. The number of benzene rings is 2. The third-order valence-electron chi connectivity index (χ3n) is 4.13. The summed E-state index contributed by atoms with van der Waals surface area (Å²) in [4.78, 5) is 23.2. The average Bonchev–Trinajstić information content (AvgIpc) is 2.58. The average molecular weight is 360 g/mol. The quantitative estimate of drug-likeness (QED) is 0.779. The molecule has 0 heterocycles. The molecular formula is C19H18ClNO4. The van der Waals surface area contributed by atoms with E-state index in [0.717, 1.165) is 25.5 Å². The van der Waals surface area contributed by atoms with Crippen molar-refractivity contribution in [1.29, 1.82) is 0 Å². The topological polar surface area (TPSA) is 64.6 Å². The van der Waals surface area contributed by atoms with Gasteiger partial charge in [0, 0.05) is 16.8 Å². The SMILES string of the molecule is COc1c(Cl)cc(C(=O)Nc2ccc(C=O)cc2)cc1OC1CCC1. The van der Waals surface area contributed by atoms with E-state index in [0.29, 0.717) is 33.3 Å². The highest BCUT2D eigenvalue weighted by molar-refractivity contribution is 6.32. The normalized spacial score (nSPS) is 13.7. The summed E-state index contributed by atoms with van der Waals surface area (Å²) in [7, 11) is 1.52. The van der Waals surface area contributed by atoms with E-state index in [9.17, 15) is 9.59 Å². The van der Waals surface area contributed by atoms with E-state index in [1.165, 1.54) is 7.11 Å². The van der Waals surface area contributed by atoms with Gasteiger partial charge >= 0.3 is 0 Å². The summed E-state index contributed by atoms with van der Waals surface area (Å²) in [6.45, 7) is 0. The molecule has 0 spiro atoms. The molecule has 1 amide bonds. The Morgan fingerprint density at radius 3 is 2.52 bits per heavy atom. The molecular weight excluding hydrogens is 342 g/mol. The van der Waals surface area contributed by atoms with Crippen LogP contribution in [0.25, 0.3) is 0 Å². The maximum Gasteiger partial charge on any atom is 0.255 e. The zero-order valence-electron chi connectivity index (χ0n) is 13.8. The predicted molar refractivity (Wildman–Crippen MR) is 96.1 cm³/mol. The minimum Gasteiger partial charge on any atom is -0.491 e. The van der Waals surface area contributed by atoms with Crippen molar-refractivity contribution in [2.45, 2.75) is 25.4 Å². The number of anilines is 1. The van der Waals surface area contributed by atoms with Gasteiger partial charge in [-0.05, 0) is 55.7 Å². The van der Waals surface area contributed by atoms with Crippen LogP contribution in [0.1, 0.15) is 40.0 Å². The Hall–Kier alpha value is -2.53. The van der Waals surface area contributed by atoms with Crippen molar-refractivity contribution < 1.29 is 19.1 Å². The van der Waals surface area contributed by atoms with Crippen molar-refractivity contribution in [3.63, 3.8) is 0 Å². The van der Waals surface area contributed by atoms with Gasteiger partial charge < -0.3 is 14.8 Å². The summed E-state index contributed by atoms with van der Waals surface area (Å²) in [5, 5.41) is 3.09. The van der Waals surface area contributed by atoms with Crippen LogP contribution in [0.4, 0.5) is 5.69 Å². The van der Waals surface area contributed by atoms with Crippen LogP contribution in [0.2, 0.25) is 5.02 Å². The van der Waals surface area contributed by atoms with E-state index in [2.05, 4.69) is 5.32 Å². The van der Waals surface area contributed by atoms with Crippen LogP contribution in [-0.2, 0) is 0 Å². The van der Waals surface area contributed by atoms with Gasteiger partial charge in [-0.15, -0.1) is 0 Å². The molecule has 1 aliphatic rings.